The highest BCUT2D eigenvalue weighted by Gasteiger charge is 2.34. The fourth-order valence-corrected chi connectivity index (χ4v) is 3.95. The van der Waals surface area contributed by atoms with Crippen LogP contribution in [0.2, 0.25) is 0 Å². The Morgan fingerprint density at radius 3 is 2.77 bits per heavy atom. The van der Waals surface area contributed by atoms with E-state index in [9.17, 15) is 18.0 Å². The average Bonchev–Trinajstić information content (AvgIpc) is 3.25. The number of aryl methyl sites for hydroxylation is 1. The number of anilines is 1. The minimum Gasteiger partial charge on any atom is -0.322 e. The summed E-state index contributed by atoms with van der Waals surface area (Å²) in [7, 11) is 0. The van der Waals surface area contributed by atoms with Crippen LogP contribution in [-0.4, -0.2) is 63.4 Å². The first-order valence-electron chi connectivity index (χ1n) is 15.7. The molecule has 2 aromatic heterocycles. The Balaban J connectivity index is 1.37. The number of likely N-dealkylation sites (N-methyl/N-ethyl adjacent to an activating group) is 1. The van der Waals surface area contributed by atoms with E-state index in [0.717, 1.165) is 17.0 Å². The first-order valence-corrected chi connectivity index (χ1v) is 11.7. The lowest BCUT2D eigenvalue weighted by Crippen LogP contribution is -2.44. The minimum atomic E-state index is -4.88. The monoisotopic (exact) mass is 540 g/mol. The molecule has 1 aliphatic heterocycles. The topological polar surface area (TPSA) is 65.8 Å². The Hall–Kier alpha value is -4.20. The highest BCUT2D eigenvalue weighted by molar-refractivity contribution is 6.04. The van der Waals surface area contributed by atoms with Gasteiger partial charge in [0.2, 0.25) is 0 Å². The van der Waals surface area contributed by atoms with E-state index in [1.807, 2.05) is 0 Å². The van der Waals surface area contributed by atoms with Crippen LogP contribution < -0.4 is 5.32 Å². The highest BCUT2D eigenvalue weighted by atomic mass is 19.4. The van der Waals surface area contributed by atoms with Gasteiger partial charge in [-0.2, -0.15) is 18.3 Å². The Kier molecular flexibility index (Phi) is 5.07. The third-order valence-corrected chi connectivity index (χ3v) is 6.01. The number of carbonyl (C=O) groups is 1. The second-order valence-electron chi connectivity index (χ2n) is 8.77. The number of nitrogens with one attached hydrogen (secondary N) is 1. The van der Waals surface area contributed by atoms with Gasteiger partial charge in [0, 0.05) is 65.2 Å². The third kappa shape index (κ3) is 6.11. The van der Waals surface area contributed by atoms with Crippen LogP contribution in [0, 0.1) is 18.8 Å². The summed E-state index contributed by atoms with van der Waals surface area (Å²) in [5.41, 5.74) is 0.317. The van der Waals surface area contributed by atoms with Gasteiger partial charge in [0.05, 0.1) is 13.1 Å². The van der Waals surface area contributed by atoms with Gasteiger partial charge in [-0.15, -0.1) is 0 Å². The van der Waals surface area contributed by atoms with E-state index in [2.05, 4.69) is 27.2 Å². The maximum absolute atomic E-state index is 14.2. The quantitative estimate of drug-likeness (QED) is 0.388. The zero-order valence-corrected chi connectivity index (χ0v) is 20.6. The maximum Gasteiger partial charge on any atom is 0.416 e. The van der Waals surface area contributed by atoms with E-state index < -0.39 is 57.3 Å². The number of alkyl halides is 3. The molecule has 1 saturated heterocycles. The normalized spacial score (nSPS) is 20.6. The van der Waals surface area contributed by atoms with Crippen LogP contribution in [0.1, 0.15) is 49.3 Å². The van der Waals surface area contributed by atoms with Crippen molar-refractivity contribution in [2.75, 3.05) is 38.4 Å². The molecule has 0 spiro atoms. The predicted octanol–water partition coefficient (Wildman–Crippen LogP) is 4.46. The molecule has 1 fully saturated rings. The van der Waals surface area contributed by atoms with Crippen LogP contribution in [-0.2, 0) is 12.7 Å². The fraction of sp³-hybridized carbons (Fsp3) is 0.276. The molecule has 1 amide bonds. The lowest BCUT2D eigenvalue weighted by Gasteiger charge is -2.33. The summed E-state index contributed by atoms with van der Waals surface area (Å²) < 4.78 is 107. The number of hydrogen-bond acceptors (Lipinski definition) is 5. The van der Waals surface area contributed by atoms with Gasteiger partial charge >= 0.3 is 6.18 Å². The van der Waals surface area contributed by atoms with Crippen molar-refractivity contribution in [3.63, 3.8) is 0 Å². The van der Waals surface area contributed by atoms with Crippen molar-refractivity contribution < 1.29 is 28.9 Å². The highest BCUT2D eigenvalue weighted by Crippen LogP contribution is 2.34. The molecule has 39 heavy (non-hydrogen) atoms. The number of rotatable bonds is 4. The molecule has 0 aliphatic carbocycles. The van der Waals surface area contributed by atoms with Gasteiger partial charge in [-0.05, 0) is 67.3 Å². The zero-order valence-electron chi connectivity index (χ0n) is 28.6. The molecule has 10 heteroatoms. The molecule has 1 aliphatic rings. The van der Waals surface area contributed by atoms with Crippen LogP contribution >= 0.6 is 0 Å². The first-order chi connectivity index (χ1) is 21.8. The van der Waals surface area contributed by atoms with E-state index in [4.69, 9.17) is 11.0 Å². The number of amides is 1. The number of imidazole rings is 1. The van der Waals surface area contributed by atoms with E-state index in [1.165, 1.54) is 28.9 Å². The predicted molar refractivity (Wildman–Crippen MR) is 142 cm³/mol. The summed E-state index contributed by atoms with van der Waals surface area (Å²) >= 11 is 0. The summed E-state index contributed by atoms with van der Waals surface area (Å²) in [5.74, 6) is 5.05. The molecule has 0 unspecified atom stereocenters. The van der Waals surface area contributed by atoms with E-state index in [0.29, 0.717) is 16.8 Å². The van der Waals surface area contributed by atoms with Gasteiger partial charge in [0.25, 0.3) is 5.91 Å². The van der Waals surface area contributed by atoms with Crippen molar-refractivity contribution in [3.8, 4) is 11.8 Å². The first kappa shape index (κ1) is 18.2. The number of halogens is 3. The Morgan fingerprint density at radius 1 is 1.18 bits per heavy atom. The van der Waals surface area contributed by atoms with E-state index in [1.54, 1.807) is 25.1 Å². The summed E-state index contributed by atoms with van der Waals surface area (Å²) in [6.07, 6.45) is -3.44. The molecule has 7 nitrogen and oxygen atoms in total. The minimum absolute atomic E-state index is 0.0815. The van der Waals surface area contributed by atoms with Crippen molar-refractivity contribution in [3.05, 3.63) is 94.4 Å². The number of piperazine rings is 1. The summed E-state index contributed by atoms with van der Waals surface area (Å²) in [6, 6.07) is 11.0. The second kappa shape index (κ2) is 10.9. The molecular weight excluding hydrogens is 505 g/mol. The van der Waals surface area contributed by atoms with Gasteiger partial charge in [0.1, 0.15) is 5.69 Å². The fourth-order valence-electron chi connectivity index (χ4n) is 3.95. The van der Waals surface area contributed by atoms with Gasteiger partial charge in [-0.3, -0.25) is 9.69 Å². The average molecular weight is 541 g/mol. The molecule has 0 radical (unpaired) electrons. The van der Waals surface area contributed by atoms with Crippen molar-refractivity contribution in [2.45, 2.75) is 19.6 Å². The number of carbonyl (C=O) groups excluding carboxylic acids is 1. The van der Waals surface area contributed by atoms with E-state index >= 15 is 0 Å². The molecule has 1 N–H and O–H groups in total. The molecule has 200 valence electrons. The lowest BCUT2D eigenvalue weighted by atomic mass is 10.0. The smallest absolute Gasteiger partial charge is 0.322 e. The number of aromatic nitrogens is 3. The Morgan fingerprint density at radius 2 is 2.00 bits per heavy atom. The molecule has 0 bridgehead atoms. The van der Waals surface area contributed by atoms with Crippen molar-refractivity contribution in [1.29, 1.82) is 0 Å². The molecule has 0 saturated carbocycles. The van der Waals surface area contributed by atoms with Crippen LogP contribution in [0.4, 0.5) is 18.9 Å². The SMILES string of the molecule is [2H]c1nc2cccnn2c1C#Cc1cc(C(=O)Nc2ccc(CN3CC([2H])([2H])N(C([2H])([2H])[2H])C([2H])([2H])C3)c(C(F)(F)F)c2)ccc1C. The van der Waals surface area contributed by atoms with Gasteiger partial charge in [0.15, 0.2) is 5.65 Å². The second-order valence-corrected chi connectivity index (χ2v) is 8.77. The van der Waals surface area contributed by atoms with Crippen molar-refractivity contribution in [2.24, 2.45) is 0 Å². The summed E-state index contributed by atoms with van der Waals surface area (Å²) in [4.78, 5) is 18.4. The van der Waals surface area contributed by atoms with Crippen LogP contribution in [0.15, 0.2) is 60.9 Å². The number of nitrogens with zero attached hydrogens (tertiary/aromatic N) is 5. The molecule has 4 aromatic rings. The zero-order chi connectivity index (χ0) is 34.5. The number of benzene rings is 2. The summed E-state index contributed by atoms with van der Waals surface area (Å²) in [6.45, 7) is -8.61. The van der Waals surface area contributed by atoms with Crippen molar-refractivity contribution in [1.82, 2.24) is 24.4 Å². The van der Waals surface area contributed by atoms with Crippen LogP contribution in [0.3, 0.4) is 0 Å². The number of fused-ring (bicyclic) bond motifs is 1. The van der Waals surface area contributed by atoms with Crippen molar-refractivity contribution >= 4 is 17.2 Å². The standard InChI is InChI=1S/C29H27F3N6O/c1-20-5-6-22(16-21(20)8-10-25-18-33-27-4-3-11-34-38(25)27)28(39)35-24-9-7-23(26(17-24)29(30,31)32)19-37-14-12-36(2)13-15-37/h3-7,9,11,16-18H,12-15,19H2,1-2H3,(H,35,39)/i2D3,12D2,13D2,18D. The molecule has 0 atom stereocenters. The molecule has 3 heterocycles. The Bertz CT molecular complexity index is 1900. The van der Waals surface area contributed by atoms with Gasteiger partial charge in [-0.1, -0.05) is 18.1 Å². The van der Waals surface area contributed by atoms with Crippen LogP contribution in [0.25, 0.3) is 5.65 Å². The largest absolute Gasteiger partial charge is 0.416 e. The lowest BCUT2D eigenvalue weighted by molar-refractivity contribution is -0.138. The van der Waals surface area contributed by atoms with E-state index in [-0.39, 0.29) is 33.6 Å². The van der Waals surface area contributed by atoms with Crippen LogP contribution in [0.5, 0.6) is 0 Å². The third-order valence-electron chi connectivity index (χ3n) is 6.01. The molecular formula is C29H27F3N6O. The Labute approximate surface area is 235 Å². The molecule has 2 aromatic carbocycles. The van der Waals surface area contributed by atoms with Gasteiger partial charge in [-0.25, -0.2) is 9.50 Å². The van der Waals surface area contributed by atoms with Gasteiger partial charge < -0.3 is 10.2 Å². The molecule has 5 rings (SSSR count). The maximum atomic E-state index is 14.2. The summed E-state index contributed by atoms with van der Waals surface area (Å²) in [5, 5.41) is 6.60. The number of hydrogen-bond donors (Lipinski definition) is 1.